The minimum Gasteiger partial charge on any atom is -0.504 e. The Morgan fingerprint density at radius 3 is 2.53 bits per heavy atom. The second kappa shape index (κ2) is 10.4. The molecule has 0 spiro atoms. The Bertz CT molecular complexity index is 752. The zero-order valence-electron chi connectivity index (χ0n) is 18.3. The molecule has 5 heteroatoms. The number of hydrogen-bond donors (Lipinski definition) is 1. The molecule has 1 aliphatic heterocycles. The van der Waals surface area contributed by atoms with E-state index in [1.54, 1.807) is 0 Å². The zero-order valence-corrected chi connectivity index (χ0v) is 18.3. The van der Waals surface area contributed by atoms with Crippen LogP contribution in [0.2, 0.25) is 0 Å². The van der Waals surface area contributed by atoms with Gasteiger partial charge in [0.25, 0.3) is 0 Å². The Hall–Kier alpha value is -1.91. The molecule has 2 aliphatic rings. The summed E-state index contributed by atoms with van der Waals surface area (Å²) in [5, 5.41) is 9.93. The van der Waals surface area contributed by atoms with Crippen LogP contribution in [0.5, 0.6) is 5.75 Å². The zero-order chi connectivity index (χ0) is 21.7. The molecule has 1 aromatic carbocycles. The van der Waals surface area contributed by atoms with Crippen molar-refractivity contribution in [3.8, 4) is 5.75 Å². The number of aromatic hydroxyl groups is 1. The standard InChI is InChI=1S/C25H35FO4/c1-3-4-5-6-17-8-10-18(11-9-17)22-14-12-19(25(29)30-22)15-21(27)20-13-7-16(2)23(26)24(20)28/h7,13,17-19,22,28H,3-6,8-12,14-15H2,1-2H3. The molecule has 1 aromatic rings. The number of Topliss-reactive ketones (excluding diaryl/α,β-unsaturated/α-hetero) is 1. The van der Waals surface area contributed by atoms with Crippen molar-refractivity contribution in [3.63, 3.8) is 0 Å². The second-order valence-electron chi connectivity index (χ2n) is 9.25. The Kier molecular flexibility index (Phi) is 7.90. The lowest BCUT2D eigenvalue weighted by Gasteiger charge is -2.37. The predicted octanol–water partition coefficient (Wildman–Crippen LogP) is 6.12. The first-order valence-electron chi connectivity index (χ1n) is 11.6. The van der Waals surface area contributed by atoms with Crippen LogP contribution in [0.1, 0.15) is 93.5 Å². The van der Waals surface area contributed by atoms with E-state index >= 15 is 0 Å². The minimum atomic E-state index is -0.780. The van der Waals surface area contributed by atoms with Crippen molar-refractivity contribution in [2.24, 2.45) is 17.8 Å². The summed E-state index contributed by atoms with van der Waals surface area (Å²) < 4.78 is 19.6. The molecule has 1 saturated carbocycles. The molecular formula is C25H35FO4. The van der Waals surface area contributed by atoms with Gasteiger partial charge in [0.2, 0.25) is 0 Å². The fourth-order valence-corrected chi connectivity index (χ4v) is 5.06. The number of carbonyl (C=O) groups excluding carboxylic acids is 2. The molecule has 1 aliphatic carbocycles. The number of unbranched alkanes of at least 4 members (excludes halogenated alkanes) is 2. The van der Waals surface area contributed by atoms with Crippen molar-refractivity contribution in [2.45, 2.75) is 90.6 Å². The average molecular weight is 419 g/mol. The Balaban J connectivity index is 1.48. The van der Waals surface area contributed by atoms with Crippen molar-refractivity contribution >= 4 is 11.8 Å². The van der Waals surface area contributed by atoms with Crippen LogP contribution >= 0.6 is 0 Å². The number of carbonyl (C=O) groups is 2. The molecule has 1 heterocycles. The first kappa shape index (κ1) is 22.8. The summed E-state index contributed by atoms with van der Waals surface area (Å²) in [5.41, 5.74) is 0.221. The van der Waals surface area contributed by atoms with Gasteiger partial charge in [0, 0.05) is 6.42 Å². The smallest absolute Gasteiger partial charge is 0.309 e. The van der Waals surface area contributed by atoms with E-state index in [2.05, 4.69) is 6.92 Å². The molecule has 1 saturated heterocycles. The van der Waals surface area contributed by atoms with Crippen molar-refractivity contribution in [1.29, 1.82) is 0 Å². The molecule has 0 bridgehead atoms. The maximum atomic E-state index is 13.9. The van der Waals surface area contributed by atoms with Gasteiger partial charge in [-0.05, 0) is 56.1 Å². The predicted molar refractivity (Wildman–Crippen MR) is 114 cm³/mol. The third-order valence-corrected chi connectivity index (χ3v) is 7.08. The number of rotatable bonds is 8. The van der Waals surface area contributed by atoms with Crippen LogP contribution < -0.4 is 0 Å². The first-order chi connectivity index (χ1) is 14.4. The summed E-state index contributed by atoms with van der Waals surface area (Å²) in [6, 6.07) is 2.89. The Morgan fingerprint density at radius 1 is 1.13 bits per heavy atom. The highest BCUT2D eigenvalue weighted by molar-refractivity contribution is 6.00. The van der Waals surface area contributed by atoms with Crippen molar-refractivity contribution in [2.75, 3.05) is 0 Å². The largest absolute Gasteiger partial charge is 0.504 e. The summed E-state index contributed by atoms with van der Waals surface area (Å²) in [6.45, 7) is 3.76. The van der Waals surface area contributed by atoms with E-state index in [4.69, 9.17) is 4.74 Å². The molecule has 2 fully saturated rings. The van der Waals surface area contributed by atoms with Crippen molar-refractivity contribution in [1.82, 2.24) is 0 Å². The van der Waals surface area contributed by atoms with E-state index in [9.17, 15) is 19.1 Å². The average Bonchev–Trinajstić information content (AvgIpc) is 2.74. The molecule has 2 unspecified atom stereocenters. The third kappa shape index (κ3) is 5.41. The highest BCUT2D eigenvalue weighted by Gasteiger charge is 2.37. The number of ether oxygens (including phenoxy) is 1. The highest BCUT2D eigenvalue weighted by atomic mass is 19.1. The fraction of sp³-hybridized carbons (Fsp3) is 0.680. The number of aryl methyl sites for hydroxylation is 1. The summed E-state index contributed by atoms with van der Waals surface area (Å²) in [7, 11) is 0. The summed E-state index contributed by atoms with van der Waals surface area (Å²) in [4.78, 5) is 25.1. The van der Waals surface area contributed by atoms with Crippen molar-refractivity contribution in [3.05, 3.63) is 29.1 Å². The van der Waals surface area contributed by atoms with E-state index in [0.717, 1.165) is 25.2 Å². The van der Waals surface area contributed by atoms with Gasteiger partial charge in [-0.3, -0.25) is 9.59 Å². The van der Waals surface area contributed by atoms with Crippen LogP contribution in [0.3, 0.4) is 0 Å². The maximum Gasteiger partial charge on any atom is 0.309 e. The van der Waals surface area contributed by atoms with E-state index in [1.165, 1.54) is 57.6 Å². The van der Waals surface area contributed by atoms with Gasteiger partial charge in [-0.2, -0.15) is 0 Å². The van der Waals surface area contributed by atoms with Gasteiger partial charge >= 0.3 is 5.97 Å². The minimum absolute atomic E-state index is 0.0364. The topological polar surface area (TPSA) is 63.6 Å². The van der Waals surface area contributed by atoms with Gasteiger partial charge in [-0.25, -0.2) is 4.39 Å². The summed E-state index contributed by atoms with van der Waals surface area (Å²) >= 11 is 0. The number of benzene rings is 1. The number of esters is 1. The number of ketones is 1. The van der Waals surface area contributed by atoms with E-state index in [-0.39, 0.29) is 29.6 Å². The van der Waals surface area contributed by atoms with Crippen LogP contribution in [-0.2, 0) is 9.53 Å². The van der Waals surface area contributed by atoms with Gasteiger partial charge in [0.05, 0.1) is 11.5 Å². The molecule has 0 radical (unpaired) electrons. The summed E-state index contributed by atoms with van der Waals surface area (Å²) in [5.74, 6) is -1.41. The second-order valence-corrected chi connectivity index (χ2v) is 9.25. The van der Waals surface area contributed by atoms with E-state index in [0.29, 0.717) is 12.3 Å². The molecule has 30 heavy (non-hydrogen) atoms. The summed E-state index contributed by atoms with van der Waals surface area (Å²) in [6.07, 6.45) is 11.2. The molecule has 0 aromatic heterocycles. The van der Waals surface area contributed by atoms with E-state index in [1.807, 2.05) is 0 Å². The molecule has 1 N–H and O–H groups in total. The van der Waals surface area contributed by atoms with Crippen LogP contribution in [-0.4, -0.2) is 23.0 Å². The van der Waals surface area contributed by atoms with Crippen LogP contribution in [0.25, 0.3) is 0 Å². The molecule has 166 valence electrons. The van der Waals surface area contributed by atoms with E-state index < -0.39 is 23.3 Å². The fourth-order valence-electron chi connectivity index (χ4n) is 5.06. The van der Waals surface area contributed by atoms with Crippen molar-refractivity contribution < 1.29 is 23.8 Å². The number of cyclic esters (lactones) is 1. The molecular weight excluding hydrogens is 383 g/mol. The van der Waals surface area contributed by atoms with Gasteiger partial charge in [0.15, 0.2) is 17.3 Å². The number of hydrogen-bond acceptors (Lipinski definition) is 4. The lowest BCUT2D eigenvalue weighted by Crippen LogP contribution is -2.38. The Labute approximate surface area is 179 Å². The molecule has 2 atom stereocenters. The number of phenols is 1. The third-order valence-electron chi connectivity index (χ3n) is 7.08. The van der Waals surface area contributed by atoms with Gasteiger partial charge in [0.1, 0.15) is 6.10 Å². The lowest BCUT2D eigenvalue weighted by atomic mass is 9.75. The van der Waals surface area contributed by atoms with Gasteiger partial charge in [-0.1, -0.05) is 51.5 Å². The monoisotopic (exact) mass is 418 g/mol. The molecule has 0 amide bonds. The highest BCUT2D eigenvalue weighted by Crippen LogP contribution is 2.38. The SMILES string of the molecule is CCCCCC1CCC(C2CCC(CC(=O)c3ccc(C)c(F)c3O)C(=O)O2)CC1. The Morgan fingerprint density at radius 2 is 1.87 bits per heavy atom. The molecule has 3 rings (SSSR count). The quantitative estimate of drug-likeness (QED) is 0.314. The lowest BCUT2D eigenvalue weighted by molar-refractivity contribution is -0.164. The van der Waals surface area contributed by atoms with Crippen LogP contribution in [0.4, 0.5) is 4.39 Å². The van der Waals surface area contributed by atoms with Crippen LogP contribution in [0.15, 0.2) is 12.1 Å². The van der Waals surface area contributed by atoms with Gasteiger partial charge < -0.3 is 9.84 Å². The normalized spacial score (nSPS) is 27.0. The van der Waals surface area contributed by atoms with Crippen LogP contribution in [0, 0.1) is 30.5 Å². The maximum absolute atomic E-state index is 13.9. The first-order valence-corrected chi connectivity index (χ1v) is 11.6. The number of phenolic OH excluding ortho intramolecular Hbond substituents is 1. The number of halogens is 1. The molecule has 4 nitrogen and oxygen atoms in total. The van der Waals surface area contributed by atoms with Gasteiger partial charge in [-0.15, -0.1) is 0 Å².